The minimum atomic E-state index is 0.698. The molecule has 1 rings (SSSR count). The number of hydrogen-bond acceptors (Lipinski definition) is 2. The van der Waals surface area contributed by atoms with Crippen LogP contribution in [0.1, 0.15) is 32.6 Å². The first-order valence-corrected chi connectivity index (χ1v) is 4.52. The molecule has 0 aromatic rings. The molecular weight excluding hydrogens is 138 g/mol. The molecule has 1 saturated heterocycles. The number of carbonyl (C=O) groups is 1. The highest BCUT2D eigenvalue weighted by Gasteiger charge is 2.16. The van der Waals surface area contributed by atoms with Gasteiger partial charge in [0, 0.05) is 19.0 Å². The highest BCUT2D eigenvalue weighted by Crippen LogP contribution is 2.15. The molecular formula is C9H17NO. The summed E-state index contributed by atoms with van der Waals surface area (Å²) in [5, 5.41) is 0. The van der Waals surface area contributed by atoms with E-state index < -0.39 is 0 Å². The fourth-order valence-electron chi connectivity index (χ4n) is 1.71. The van der Waals surface area contributed by atoms with Gasteiger partial charge >= 0.3 is 0 Å². The van der Waals surface area contributed by atoms with Crippen molar-refractivity contribution in [1.29, 1.82) is 0 Å². The van der Waals surface area contributed by atoms with E-state index in [1.54, 1.807) is 0 Å². The van der Waals surface area contributed by atoms with Crippen LogP contribution >= 0.6 is 0 Å². The van der Waals surface area contributed by atoms with Crippen molar-refractivity contribution < 1.29 is 4.79 Å². The number of carbonyl (C=O) groups excluding carboxylic acids is 1. The molecule has 1 atom stereocenters. The number of likely N-dealkylation sites (tertiary alicyclic amines) is 1. The lowest BCUT2D eigenvalue weighted by atomic mass is 10.0. The van der Waals surface area contributed by atoms with Crippen LogP contribution in [0.25, 0.3) is 0 Å². The molecule has 0 aromatic carbocycles. The molecule has 0 N–H and O–H groups in total. The third-order valence-corrected chi connectivity index (χ3v) is 2.47. The van der Waals surface area contributed by atoms with Gasteiger partial charge in [0.05, 0.1) is 0 Å². The van der Waals surface area contributed by atoms with Gasteiger partial charge in [-0.2, -0.15) is 0 Å². The summed E-state index contributed by atoms with van der Waals surface area (Å²) in [4.78, 5) is 12.5. The van der Waals surface area contributed by atoms with Crippen molar-refractivity contribution in [2.24, 2.45) is 0 Å². The van der Waals surface area contributed by atoms with Crippen molar-refractivity contribution in [1.82, 2.24) is 4.90 Å². The van der Waals surface area contributed by atoms with Crippen molar-refractivity contribution in [2.75, 3.05) is 13.1 Å². The first-order valence-electron chi connectivity index (χ1n) is 4.52. The zero-order valence-corrected chi connectivity index (χ0v) is 7.25. The van der Waals surface area contributed by atoms with Crippen LogP contribution in [0.4, 0.5) is 0 Å². The molecule has 0 saturated carbocycles. The number of aldehydes is 1. The van der Waals surface area contributed by atoms with Crippen LogP contribution in [-0.2, 0) is 4.79 Å². The van der Waals surface area contributed by atoms with E-state index in [2.05, 4.69) is 11.8 Å². The van der Waals surface area contributed by atoms with E-state index in [-0.39, 0.29) is 0 Å². The molecule has 1 unspecified atom stereocenters. The maximum atomic E-state index is 10.1. The Kier molecular flexibility index (Phi) is 3.57. The Labute approximate surface area is 68.6 Å². The van der Waals surface area contributed by atoms with E-state index >= 15 is 0 Å². The maximum Gasteiger partial charge on any atom is 0.121 e. The smallest absolute Gasteiger partial charge is 0.121 e. The molecule has 1 fully saturated rings. The number of rotatable bonds is 3. The van der Waals surface area contributed by atoms with Crippen LogP contribution in [0.2, 0.25) is 0 Å². The predicted molar refractivity (Wildman–Crippen MR) is 45.6 cm³/mol. The van der Waals surface area contributed by atoms with Gasteiger partial charge in [-0.15, -0.1) is 0 Å². The summed E-state index contributed by atoms with van der Waals surface area (Å²) < 4.78 is 0. The Hall–Kier alpha value is -0.370. The van der Waals surface area contributed by atoms with E-state index in [4.69, 9.17) is 0 Å². The molecule has 64 valence electrons. The van der Waals surface area contributed by atoms with Crippen molar-refractivity contribution >= 4 is 6.29 Å². The van der Waals surface area contributed by atoms with E-state index in [0.717, 1.165) is 12.8 Å². The summed E-state index contributed by atoms with van der Waals surface area (Å²) in [6.45, 7) is 4.41. The van der Waals surface area contributed by atoms with Gasteiger partial charge < -0.3 is 9.69 Å². The van der Waals surface area contributed by atoms with Crippen LogP contribution in [0, 0.1) is 0 Å². The molecule has 1 aliphatic rings. The number of nitrogens with zero attached hydrogens (tertiary/aromatic N) is 1. The molecule has 2 nitrogen and oxygen atoms in total. The summed E-state index contributed by atoms with van der Waals surface area (Å²) >= 11 is 0. The van der Waals surface area contributed by atoms with Crippen LogP contribution < -0.4 is 0 Å². The second-order valence-corrected chi connectivity index (χ2v) is 3.34. The van der Waals surface area contributed by atoms with Gasteiger partial charge in [0.25, 0.3) is 0 Å². The standard InChI is InChI=1S/C9H17NO/c1-9-5-2-3-6-10(9)7-4-8-11/h8-9H,2-7H2,1H3. The quantitative estimate of drug-likeness (QED) is 0.575. The first kappa shape index (κ1) is 8.72. The summed E-state index contributed by atoms with van der Waals surface area (Å²) in [6.07, 6.45) is 5.69. The monoisotopic (exact) mass is 155 g/mol. The lowest BCUT2D eigenvalue weighted by Gasteiger charge is -2.32. The molecule has 2 heteroatoms. The van der Waals surface area contributed by atoms with E-state index in [1.807, 2.05) is 0 Å². The van der Waals surface area contributed by atoms with Crippen molar-refractivity contribution in [3.63, 3.8) is 0 Å². The van der Waals surface area contributed by atoms with Crippen LogP contribution in [0.15, 0.2) is 0 Å². The third-order valence-electron chi connectivity index (χ3n) is 2.47. The van der Waals surface area contributed by atoms with Gasteiger partial charge in [-0.05, 0) is 26.3 Å². The minimum absolute atomic E-state index is 0.698. The van der Waals surface area contributed by atoms with Gasteiger partial charge in [0.15, 0.2) is 0 Å². The summed E-state index contributed by atoms with van der Waals surface area (Å²) in [6, 6.07) is 0.698. The van der Waals surface area contributed by atoms with Gasteiger partial charge in [0.2, 0.25) is 0 Å². The van der Waals surface area contributed by atoms with E-state index in [0.29, 0.717) is 12.5 Å². The molecule has 1 aliphatic heterocycles. The Bertz CT molecular complexity index is 125. The van der Waals surface area contributed by atoms with Crippen LogP contribution in [0.5, 0.6) is 0 Å². The van der Waals surface area contributed by atoms with E-state index in [1.165, 1.54) is 25.8 Å². The van der Waals surface area contributed by atoms with Crippen molar-refractivity contribution in [2.45, 2.75) is 38.6 Å². The molecule has 0 aromatic heterocycles. The van der Waals surface area contributed by atoms with Crippen molar-refractivity contribution in [3.8, 4) is 0 Å². The molecule has 0 aliphatic carbocycles. The molecule has 0 spiro atoms. The van der Waals surface area contributed by atoms with Crippen molar-refractivity contribution in [3.05, 3.63) is 0 Å². The Morgan fingerprint density at radius 1 is 1.55 bits per heavy atom. The SMILES string of the molecule is CC1CCCCN1CCC=O. The van der Waals surface area contributed by atoms with Gasteiger partial charge in [-0.25, -0.2) is 0 Å². The fourth-order valence-corrected chi connectivity index (χ4v) is 1.71. The van der Waals surface area contributed by atoms with Crippen LogP contribution in [0.3, 0.4) is 0 Å². The first-order chi connectivity index (χ1) is 5.34. The van der Waals surface area contributed by atoms with E-state index in [9.17, 15) is 4.79 Å². The Balaban J connectivity index is 2.23. The highest BCUT2D eigenvalue weighted by atomic mass is 16.1. The summed E-state index contributed by atoms with van der Waals surface area (Å²) in [5.74, 6) is 0. The largest absolute Gasteiger partial charge is 0.303 e. The molecule has 11 heavy (non-hydrogen) atoms. The molecule has 0 radical (unpaired) electrons. The molecule has 1 heterocycles. The normalized spacial score (nSPS) is 26.8. The zero-order chi connectivity index (χ0) is 8.10. The summed E-state index contributed by atoms with van der Waals surface area (Å²) in [7, 11) is 0. The Morgan fingerprint density at radius 2 is 2.36 bits per heavy atom. The van der Waals surface area contributed by atoms with Gasteiger partial charge in [0.1, 0.15) is 6.29 Å². The number of hydrogen-bond donors (Lipinski definition) is 0. The fraction of sp³-hybridized carbons (Fsp3) is 0.889. The minimum Gasteiger partial charge on any atom is -0.303 e. The topological polar surface area (TPSA) is 20.3 Å². The third kappa shape index (κ3) is 2.62. The van der Waals surface area contributed by atoms with Gasteiger partial charge in [-0.1, -0.05) is 6.42 Å². The average Bonchev–Trinajstić information content (AvgIpc) is 2.03. The lowest BCUT2D eigenvalue weighted by Crippen LogP contribution is -2.38. The average molecular weight is 155 g/mol. The Morgan fingerprint density at radius 3 is 3.00 bits per heavy atom. The summed E-state index contributed by atoms with van der Waals surface area (Å²) in [5.41, 5.74) is 0. The second-order valence-electron chi connectivity index (χ2n) is 3.34. The lowest BCUT2D eigenvalue weighted by molar-refractivity contribution is -0.108. The highest BCUT2D eigenvalue weighted by molar-refractivity contribution is 5.49. The van der Waals surface area contributed by atoms with Gasteiger partial charge in [-0.3, -0.25) is 0 Å². The molecule has 0 bridgehead atoms. The second kappa shape index (κ2) is 4.50. The van der Waals surface area contributed by atoms with Crippen LogP contribution in [-0.4, -0.2) is 30.3 Å². The number of piperidine rings is 1. The zero-order valence-electron chi connectivity index (χ0n) is 7.25. The molecule has 0 amide bonds. The maximum absolute atomic E-state index is 10.1. The predicted octanol–water partition coefficient (Wildman–Crippen LogP) is 1.45.